The van der Waals surface area contributed by atoms with Gasteiger partial charge in [0.2, 0.25) is 0 Å². The first-order chi connectivity index (χ1) is 7.72. The minimum absolute atomic E-state index is 0.201. The highest BCUT2D eigenvalue weighted by Gasteiger charge is 2.10. The summed E-state index contributed by atoms with van der Waals surface area (Å²) in [5.41, 5.74) is 1.91. The molecule has 0 spiro atoms. The molecular weight excluding hydrogens is 205 g/mol. The number of hydrogen-bond acceptors (Lipinski definition) is 2. The lowest BCUT2D eigenvalue weighted by atomic mass is 10.2. The minimum atomic E-state index is -0.237. The van der Waals surface area contributed by atoms with E-state index >= 15 is 0 Å². The fourth-order valence-electron chi connectivity index (χ4n) is 1.59. The largest absolute Gasteiger partial charge is 0.312 e. The molecule has 1 heterocycles. The third kappa shape index (κ3) is 1.97. The van der Waals surface area contributed by atoms with Gasteiger partial charge >= 0.3 is 0 Å². The Labute approximate surface area is 93.9 Å². The smallest absolute Gasteiger partial charge is 0.123 e. The molecule has 2 rings (SSSR count). The molecule has 0 amide bonds. The highest BCUT2D eigenvalue weighted by atomic mass is 19.1. The Morgan fingerprint density at radius 1 is 1.25 bits per heavy atom. The summed E-state index contributed by atoms with van der Waals surface area (Å²) in [5, 5.41) is 7.39. The van der Waals surface area contributed by atoms with Crippen LogP contribution in [0, 0.1) is 5.82 Å². The van der Waals surface area contributed by atoms with E-state index in [1.54, 1.807) is 23.0 Å². The number of hydrogen-bond donors (Lipinski definition) is 1. The van der Waals surface area contributed by atoms with Crippen molar-refractivity contribution >= 4 is 0 Å². The van der Waals surface area contributed by atoms with Crippen LogP contribution in [0.2, 0.25) is 0 Å². The van der Waals surface area contributed by atoms with Gasteiger partial charge in [0.1, 0.15) is 5.82 Å². The van der Waals surface area contributed by atoms with E-state index in [2.05, 4.69) is 17.3 Å². The van der Waals surface area contributed by atoms with E-state index in [-0.39, 0.29) is 11.9 Å². The van der Waals surface area contributed by atoms with Crippen LogP contribution >= 0.6 is 0 Å². The molecule has 0 saturated heterocycles. The molecule has 1 atom stereocenters. The van der Waals surface area contributed by atoms with E-state index in [4.69, 9.17) is 0 Å². The van der Waals surface area contributed by atoms with Crippen LogP contribution in [0.15, 0.2) is 36.5 Å². The van der Waals surface area contributed by atoms with Gasteiger partial charge in [0.05, 0.1) is 11.4 Å². The first-order valence-corrected chi connectivity index (χ1v) is 5.19. The van der Waals surface area contributed by atoms with Gasteiger partial charge in [0.25, 0.3) is 0 Å². The van der Waals surface area contributed by atoms with Crippen LogP contribution in [0.25, 0.3) is 5.69 Å². The predicted octanol–water partition coefficient (Wildman–Crippen LogP) is 2.29. The van der Waals surface area contributed by atoms with Gasteiger partial charge in [-0.3, -0.25) is 0 Å². The molecule has 0 radical (unpaired) electrons. The molecular formula is C12H14FN3. The van der Waals surface area contributed by atoms with Crippen molar-refractivity contribution in [1.29, 1.82) is 0 Å². The molecule has 1 aromatic carbocycles. The lowest BCUT2D eigenvalue weighted by molar-refractivity contribution is 0.602. The summed E-state index contributed by atoms with van der Waals surface area (Å²) in [5.74, 6) is -0.237. The van der Waals surface area contributed by atoms with E-state index in [0.717, 1.165) is 11.4 Å². The van der Waals surface area contributed by atoms with Gasteiger partial charge in [-0.25, -0.2) is 9.07 Å². The zero-order valence-electron chi connectivity index (χ0n) is 9.31. The number of benzene rings is 1. The van der Waals surface area contributed by atoms with Gasteiger partial charge in [-0.05, 0) is 44.3 Å². The zero-order valence-corrected chi connectivity index (χ0v) is 9.31. The highest BCUT2D eigenvalue weighted by molar-refractivity contribution is 5.33. The summed E-state index contributed by atoms with van der Waals surface area (Å²) >= 11 is 0. The van der Waals surface area contributed by atoms with E-state index in [9.17, 15) is 4.39 Å². The maximum atomic E-state index is 12.8. The molecule has 0 fully saturated rings. The molecule has 3 nitrogen and oxygen atoms in total. The average molecular weight is 219 g/mol. The quantitative estimate of drug-likeness (QED) is 0.858. The molecule has 2 aromatic rings. The number of nitrogens with one attached hydrogen (secondary N) is 1. The van der Waals surface area contributed by atoms with E-state index in [1.165, 1.54) is 12.1 Å². The van der Waals surface area contributed by atoms with Gasteiger partial charge in [-0.1, -0.05) is 0 Å². The fraction of sp³-hybridized carbons (Fsp3) is 0.250. The van der Waals surface area contributed by atoms with Crippen LogP contribution in [0.1, 0.15) is 18.7 Å². The van der Waals surface area contributed by atoms with Gasteiger partial charge in [0, 0.05) is 12.2 Å². The van der Waals surface area contributed by atoms with Gasteiger partial charge in [-0.15, -0.1) is 0 Å². The zero-order chi connectivity index (χ0) is 11.5. The monoisotopic (exact) mass is 219 g/mol. The first-order valence-electron chi connectivity index (χ1n) is 5.19. The van der Waals surface area contributed by atoms with E-state index < -0.39 is 0 Å². The van der Waals surface area contributed by atoms with Gasteiger partial charge < -0.3 is 5.32 Å². The third-order valence-corrected chi connectivity index (χ3v) is 2.62. The van der Waals surface area contributed by atoms with Crippen molar-refractivity contribution in [3.63, 3.8) is 0 Å². The molecule has 4 heteroatoms. The topological polar surface area (TPSA) is 29.9 Å². The number of nitrogens with zero attached hydrogens (tertiary/aromatic N) is 2. The van der Waals surface area contributed by atoms with Crippen LogP contribution in [0.4, 0.5) is 4.39 Å². The highest BCUT2D eigenvalue weighted by Crippen LogP contribution is 2.16. The van der Waals surface area contributed by atoms with Crippen molar-refractivity contribution in [2.24, 2.45) is 0 Å². The van der Waals surface area contributed by atoms with Gasteiger partial charge in [-0.2, -0.15) is 5.10 Å². The number of rotatable bonds is 3. The normalized spacial score (nSPS) is 12.7. The Hall–Kier alpha value is -1.68. The molecule has 0 aliphatic heterocycles. The van der Waals surface area contributed by atoms with Crippen LogP contribution in [0.5, 0.6) is 0 Å². The first kappa shape index (κ1) is 10.8. The Bertz CT molecular complexity index is 461. The Morgan fingerprint density at radius 2 is 1.94 bits per heavy atom. The van der Waals surface area contributed by atoms with Crippen LogP contribution in [-0.4, -0.2) is 16.8 Å². The number of aromatic nitrogens is 2. The van der Waals surface area contributed by atoms with Crippen molar-refractivity contribution < 1.29 is 4.39 Å². The predicted molar refractivity (Wildman–Crippen MR) is 61.0 cm³/mol. The Kier molecular flexibility index (Phi) is 3.01. The molecule has 1 N–H and O–H groups in total. The minimum Gasteiger partial charge on any atom is -0.312 e. The lowest BCUT2D eigenvalue weighted by Crippen LogP contribution is -2.16. The Balaban J connectivity index is 2.40. The van der Waals surface area contributed by atoms with Crippen molar-refractivity contribution in [3.05, 3.63) is 48.0 Å². The maximum absolute atomic E-state index is 12.8. The summed E-state index contributed by atoms with van der Waals surface area (Å²) in [6.45, 7) is 2.05. The summed E-state index contributed by atoms with van der Waals surface area (Å²) < 4.78 is 14.6. The van der Waals surface area contributed by atoms with E-state index in [0.29, 0.717) is 0 Å². The summed E-state index contributed by atoms with van der Waals surface area (Å²) in [4.78, 5) is 0. The van der Waals surface area contributed by atoms with Gasteiger partial charge in [0.15, 0.2) is 0 Å². The maximum Gasteiger partial charge on any atom is 0.123 e. The number of halogens is 1. The van der Waals surface area contributed by atoms with Crippen LogP contribution < -0.4 is 5.32 Å². The SMILES string of the molecule is CNC(C)c1ccnn1-c1ccc(F)cc1. The summed E-state index contributed by atoms with van der Waals surface area (Å²) in [6.07, 6.45) is 1.74. The van der Waals surface area contributed by atoms with Crippen molar-refractivity contribution in [3.8, 4) is 5.69 Å². The standard InChI is InChI=1S/C12H14FN3/c1-9(14-2)12-7-8-15-16(12)11-5-3-10(13)4-6-11/h3-9,14H,1-2H3. The molecule has 0 aliphatic rings. The summed E-state index contributed by atoms with van der Waals surface area (Å²) in [7, 11) is 1.90. The van der Waals surface area contributed by atoms with E-state index in [1.807, 2.05) is 13.1 Å². The molecule has 0 saturated carbocycles. The van der Waals surface area contributed by atoms with Crippen molar-refractivity contribution in [2.75, 3.05) is 7.05 Å². The molecule has 1 aromatic heterocycles. The van der Waals surface area contributed by atoms with Crippen LogP contribution in [-0.2, 0) is 0 Å². The second-order valence-corrected chi connectivity index (χ2v) is 3.65. The fourth-order valence-corrected chi connectivity index (χ4v) is 1.59. The van der Waals surface area contributed by atoms with Crippen molar-refractivity contribution in [2.45, 2.75) is 13.0 Å². The summed E-state index contributed by atoms with van der Waals surface area (Å²) in [6, 6.07) is 8.45. The lowest BCUT2D eigenvalue weighted by Gasteiger charge is -2.13. The second-order valence-electron chi connectivity index (χ2n) is 3.65. The van der Waals surface area contributed by atoms with Crippen molar-refractivity contribution in [1.82, 2.24) is 15.1 Å². The molecule has 84 valence electrons. The molecule has 0 aliphatic carbocycles. The molecule has 0 bridgehead atoms. The van der Waals surface area contributed by atoms with Crippen LogP contribution in [0.3, 0.4) is 0 Å². The molecule has 16 heavy (non-hydrogen) atoms. The third-order valence-electron chi connectivity index (χ3n) is 2.62. The second kappa shape index (κ2) is 4.45. The molecule has 1 unspecified atom stereocenters. The average Bonchev–Trinajstić information content (AvgIpc) is 2.78. The Morgan fingerprint density at radius 3 is 2.56 bits per heavy atom.